The van der Waals surface area contributed by atoms with E-state index in [9.17, 15) is 0 Å². The van der Waals surface area contributed by atoms with Crippen molar-refractivity contribution < 1.29 is 4.74 Å². The van der Waals surface area contributed by atoms with Gasteiger partial charge in [0.25, 0.3) is 0 Å². The van der Waals surface area contributed by atoms with E-state index in [2.05, 4.69) is 5.10 Å². The number of hydrogen-bond donors (Lipinski definition) is 1. The van der Waals surface area contributed by atoms with Gasteiger partial charge in [-0.1, -0.05) is 17.7 Å². The monoisotopic (exact) mass is 251 g/mol. The summed E-state index contributed by atoms with van der Waals surface area (Å²) in [5.41, 5.74) is 7.41. The lowest BCUT2D eigenvalue weighted by atomic mass is 10.2. The fraction of sp³-hybridized carbons (Fsp3) is 0.250. The molecule has 17 heavy (non-hydrogen) atoms. The third kappa shape index (κ3) is 2.60. The molecule has 2 aromatic rings. The molecule has 4 nitrogen and oxygen atoms in total. The van der Waals surface area contributed by atoms with Crippen LogP contribution in [0.2, 0.25) is 5.02 Å². The van der Waals surface area contributed by atoms with Crippen molar-refractivity contribution in [3.05, 3.63) is 40.5 Å². The molecular formula is C12H14ClN3O. The van der Waals surface area contributed by atoms with Crippen LogP contribution in [0.5, 0.6) is 11.6 Å². The molecule has 0 fully saturated rings. The van der Waals surface area contributed by atoms with Crippen LogP contribution in [0.3, 0.4) is 0 Å². The van der Waals surface area contributed by atoms with Crippen molar-refractivity contribution in [3.63, 3.8) is 0 Å². The van der Waals surface area contributed by atoms with Gasteiger partial charge in [-0.2, -0.15) is 5.10 Å². The Morgan fingerprint density at radius 3 is 2.71 bits per heavy atom. The number of aromatic nitrogens is 2. The van der Waals surface area contributed by atoms with Crippen LogP contribution in [0.1, 0.15) is 11.3 Å². The number of halogens is 1. The highest BCUT2D eigenvalue weighted by molar-refractivity contribution is 6.32. The summed E-state index contributed by atoms with van der Waals surface area (Å²) in [6, 6.07) is 7.37. The normalized spacial score (nSPS) is 10.6. The van der Waals surface area contributed by atoms with E-state index in [1.165, 1.54) is 0 Å². The average molecular weight is 252 g/mol. The molecule has 0 saturated heterocycles. The van der Waals surface area contributed by atoms with E-state index in [0.29, 0.717) is 23.2 Å². The van der Waals surface area contributed by atoms with Gasteiger partial charge in [0.1, 0.15) is 5.75 Å². The molecule has 0 bridgehead atoms. The third-order valence-electron chi connectivity index (χ3n) is 2.41. The number of rotatable bonds is 3. The SMILES string of the molecule is Cc1cc(Oc2ccc(CN)cc2Cl)n(C)n1. The number of nitrogens with two attached hydrogens (primary N) is 1. The van der Waals surface area contributed by atoms with Gasteiger partial charge in [-0.25, -0.2) is 4.68 Å². The first-order valence-electron chi connectivity index (χ1n) is 5.27. The van der Waals surface area contributed by atoms with E-state index in [1.807, 2.05) is 32.2 Å². The minimum atomic E-state index is 0.463. The molecule has 2 N–H and O–H groups in total. The van der Waals surface area contributed by atoms with Gasteiger partial charge in [0.2, 0.25) is 5.88 Å². The zero-order valence-electron chi connectivity index (χ0n) is 9.77. The molecule has 0 aliphatic heterocycles. The number of hydrogen-bond acceptors (Lipinski definition) is 3. The Morgan fingerprint density at radius 2 is 2.18 bits per heavy atom. The predicted octanol–water partition coefficient (Wildman–Crippen LogP) is 2.63. The van der Waals surface area contributed by atoms with Crippen LogP contribution in [0.15, 0.2) is 24.3 Å². The van der Waals surface area contributed by atoms with E-state index in [0.717, 1.165) is 11.3 Å². The van der Waals surface area contributed by atoms with Crippen LogP contribution < -0.4 is 10.5 Å². The lowest BCUT2D eigenvalue weighted by Crippen LogP contribution is -1.98. The molecule has 1 heterocycles. The largest absolute Gasteiger partial charge is 0.438 e. The van der Waals surface area contributed by atoms with Crippen LogP contribution in [0.25, 0.3) is 0 Å². The van der Waals surface area contributed by atoms with Crippen LogP contribution in [-0.2, 0) is 13.6 Å². The average Bonchev–Trinajstić information content (AvgIpc) is 2.60. The summed E-state index contributed by atoms with van der Waals surface area (Å²) in [6.45, 7) is 2.37. The first-order valence-corrected chi connectivity index (χ1v) is 5.65. The maximum absolute atomic E-state index is 6.11. The van der Waals surface area contributed by atoms with Crippen LogP contribution in [0.4, 0.5) is 0 Å². The van der Waals surface area contributed by atoms with Crippen molar-refractivity contribution in [3.8, 4) is 11.6 Å². The van der Waals surface area contributed by atoms with Crippen molar-refractivity contribution >= 4 is 11.6 Å². The second-order valence-electron chi connectivity index (χ2n) is 3.82. The number of nitrogens with zero attached hydrogens (tertiary/aromatic N) is 2. The fourth-order valence-corrected chi connectivity index (χ4v) is 1.79. The highest BCUT2D eigenvalue weighted by atomic mass is 35.5. The summed E-state index contributed by atoms with van der Waals surface area (Å²) < 4.78 is 7.36. The molecule has 90 valence electrons. The third-order valence-corrected chi connectivity index (χ3v) is 2.70. The van der Waals surface area contributed by atoms with Gasteiger partial charge in [0.05, 0.1) is 10.7 Å². The number of ether oxygens (including phenoxy) is 1. The minimum absolute atomic E-state index is 0.463. The van der Waals surface area contributed by atoms with Crippen molar-refractivity contribution in [1.82, 2.24) is 9.78 Å². The Balaban J connectivity index is 2.27. The molecule has 1 aromatic carbocycles. The zero-order valence-corrected chi connectivity index (χ0v) is 10.5. The van der Waals surface area contributed by atoms with Crippen LogP contribution >= 0.6 is 11.6 Å². The van der Waals surface area contributed by atoms with Gasteiger partial charge in [-0.05, 0) is 24.6 Å². The van der Waals surface area contributed by atoms with Crippen molar-refractivity contribution in [2.45, 2.75) is 13.5 Å². The molecule has 0 spiro atoms. The smallest absolute Gasteiger partial charge is 0.217 e. The first kappa shape index (κ1) is 12.0. The molecule has 0 saturated carbocycles. The topological polar surface area (TPSA) is 53.1 Å². The van der Waals surface area contributed by atoms with Crippen LogP contribution in [0, 0.1) is 6.92 Å². The molecular weight excluding hydrogens is 238 g/mol. The molecule has 0 atom stereocenters. The van der Waals surface area contributed by atoms with E-state index < -0.39 is 0 Å². The van der Waals surface area contributed by atoms with Gasteiger partial charge in [-0.15, -0.1) is 0 Å². The van der Waals surface area contributed by atoms with Gasteiger partial charge >= 0.3 is 0 Å². The molecule has 2 rings (SSSR count). The molecule has 0 unspecified atom stereocenters. The lowest BCUT2D eigenvalue weighted by molar-refractivity contribution is 0.430. The maximum Gasteiger partial charge on any atom is 0.217 e. The second kappa shape index (κ2) is 4.77. The van der Waals surface area contributed by atoms with Gasteiger partial charge in [0.15, 0.2) is 0 Å². The summed E-state index contributed by atoms with van der Waals surface area (Å²) in [5, 5.41) is 4.75. The quantitative estimate of drug-likeness (QED) is 0.912. The fourth-order valence-electron chi connectivity index (χ4n) is 1.55. The molecule has 0 aliphatic rings. The van der Waals surface area contributed by atoms with E-state index in [1.54, 1.807) is 10.7 Å². The lowest BCUT2D eigenvalue weighted by Gasteiger charge is -2.08. The summed E-state index contributed by atoms with van der Waals surface area (Å²) in [6.07, 6.45) is 0. The maximum atomic E-state index is 6.11. The van der Waals surface area contributed by atoms with E-state index in [-0.39, 0.29) is 0 Å². The number of benzene rings is 1. The molecule has 0 aliphatic carbocycles. The Hall–Kier alpha value is -1.52. The summed E-state index contributed by atoms with van der Waals surface area (Å²) >= 11 is 6.11. The summed E-state index contributed by atoms with van der Waals surface area (Å²) in [4.78, 5) is 0. The molecule has 0 radical (unpaired) electrons. The molecule has 1 aromatic heterocycles. The highest BCUT2D eigenvalue weighted by Crippen LogP contribution is 2.30. The van der Waals surface area contributed by atoms with E-state index >= 15 is 0 Å². The summed E-state index contributed by atoms with van der Waals surface area (Å²) in [5.74, 6) is 1.26. The van der Waals surface area contributed by atoms with Gasteiger partial charge in [0, 0.05) is 19.7 Å². The predicted molar refractivity (Wildman–Crippen MR) is 67.4 cm³/mol. The zero-order chi connectivity index (χ0) is 12.4. The van der Waals surface area contributed by atoms with E-state index in [4.69, 9.17) is 22.1 Å². The molecule has 0 amide bonds. The van der Waals surface area contributed by atoms with Crippen LogP contribution in [-0.4, -0.2) is 9.78 Å². The van der Waals surface area contributed by atoms with Crippen molar-refractivity contribution in [2.75, 3.05) is 0 Å². The van der Waals surface area contributed by atoms with Gasteiger partial charge < -0.3 is 10.5 Å². The minimum Gasteiger partial charge on any atom is -0.438 e. The van der Waals surface area contributed by atoms with Crippen molar-refractivity contribution in [2.24, 2.45) is 12.8 Å². The standard InChI is InChI=1S/C12H14ClN3O/c1-8-5-12(16(2)15-8)17-11-4-3-9(7-14)6-10(11)13/h3-6H,7,14H2,1-2H3. The Bertz CT molecular complexity index is 537. The highest BCUT2D eigenvalue weighted by Gasteiger charge is 2.08. The van der Waals surface area contributed by atoms with Crippen molar-refractivity contribution in [1.29, 1.82) is 0 Å². The Kier molecular flexibility index (Phi) is 3.36. The number of aryl methyl sites for hydroxylation is 2. The Labute approximate surface area is 105 Å². The molecule has 5 heteroatoms. The summed E-state index contributed by atoms with van der Waals surface area (Å²) in [7, 11) is 1.82. The van der Waals surface area contributed by atoms with Gasteiger partial charge in [-0.3, -0.25) is 0 Å². The Morgan fingerprint density at radius 1 is 1.41 bits per heavy atom. The first-order chi connectivity index (χ1) is 8.10. The second-order valence-corrected chi connectivity index (χ2v) is 4.23.